The van der Waals surface area contributed by atoms with E-state index in [1.165, 1.54) is 6.33 Å². The number of amides is 2. The van der Waals surface area contributed by atoms with Crippen LogP contribution in [0.2, 0.25) is 0 Å². The number of imidazole rings is 1. The third kappa shape index (κ3) is 3.87. The summed E-state index contributed by atoms with van der Waals surface area (Å²) >= 11 is 0. The maximum absolute atomic E-state index is 13.0. The molecule has 2 fully saturated rings. The number of rotatable bonds is 5. The Hall–Kier alpha value is -2.79. The van der Waals surface area contributed by atoms with E-state index >= 15 is 0 Å². The quantitative estimate of drug-likeness (QED) is 0.559. The zero-order valence-electron chi connectivity index (χ0n) is 16.1. The Morgan fingerprint density at radius 1 is 1.17 bits per heavy atom. The number of primary amides is 1. The Balaban J connectivity index is 1.39. The van der Waals surface area contributed by atoms with Gasteiger partial charge in [-0.3, -0.25) is 9.59 Å². The fourth-order valence-corrected chi connectivity index (χ4v) is 4.27. The van der Waals surface area contributed by atoms with Gasteiger partial charge in [-0.25, -0.2) is 15.0 Å². The first-order valence-corrected chi connectivity index (χ1v) is 9.84. The van der Waals surface area contributed by atoms with Gasteiger partial charge in [0.2, 0.25) is 11.8 Å². The minimum absolute atomic E-state index is 0.0664. The van der Waals surface area contributed by atoms with Gasteiger partial charge >= 0.3 is 0 Å². The van der Waals surface area contributed by atoms with Gasteiger partial charge in [-0.1, -0.05) is 0 Å². The van der Waals surface area contributed by atoms with Crippen LogP contribution < -0.4 is 11.5 Å². The first-order valence-electron chi connectivity index (χ1n) is 9.84. The molecule has 4 heterocycles. The number of carbonyl (C=O) groups is 2. The zero-order chi connectivity index (χ0) is 20.5. The number of fused-ring (bicyclic) bond motifs is 1. The van der Waals surface area contributed by atoms with E-state index in [2.05, 4.69) is 19.9 Å². The lowest BCUT2D eigenvalue weighted by Crippen LogP contribution is -2.42. The molecule has 0 bridgehead atoms. The second-order valence-corrected chi connectivity index (χ2v) is 7.79. The minimum Gasteiger partial charge on any atom is -0.389 e. The number of hydrogen-bond acceptors (Lipinski definition) is 8. The van der Waals surface area contributed by atoms with Crippen molar-refractivity contribution < 1.29 is 14.7 Å². The van der Waals surface area contributed by atoms with Crippen molar-refractivity contribution in [2.75, 3.05) is 38.5 Å². The molecule has 0 aliphatic carbocycles. The standard InChI is InChI=1S/C18H26N8O3/c19-14(28)3-6-24-4-1-11(2-5-24)18(29)25-7-12(13(27)8-25)26-10-23-15-16(20)21-9-22-17(15)26/h9-13,27H,1-8H2,(H2,19,28)(H2,20,21,22)/t12-,13-/m1/s1. The molecule has 0 unspecified atom stereocenters. The molecule has 2 aliphatic heterocycles. The van der Waals surface area contributed by atoms with E-state index in [0.717, 1.165) is 25.9 Å². The topological polar surface area (TPSA) is 156 Å². The number of nitrogen functional groups attached to an aromatic ring is 1. The summed E-state index contributed by atoms with van der Waals surface area (Å²) in [5, 5.41) is 10.6. The van der Waals surface area contributed by atoms with Crippen LogP contribution in [-0.2, 0) is 9.59 Å². The highest BCUT2D eigenvalue weighted by Gasteiger charge is 2.39. The Morgan fingerprint density at radius 2 is 1.93 bits per heavy atom. The molecule has 11 heteroatoms. The third-order valence-electron chi connectivity index (χ3n) is 5.93. The van der Waals surface area contributed by atoms with Crippen LogP contribution >= 0.6 is 0 Å². The van der Waals surface area contributed by atoms with Gasteiger partial charge in [-0.05, 0) is 25.9 Å². The second-order valence-electron chi connectivity index (χ2n) is 7.79. The summed E-state index contributed by atoms with van der Waals surface area (Å²) in [6.07, 6.45) is 4.08. The van der Waals surface area contributed by atoms with E-state index in [1.807, 2.05) is 0 Å². The SMILES string of the molecule is NC(=O)CCN1CCC(C(=O)N2C[C@@H](O)[C@H](n3cnc4c(N)ncnc43)C2)CC1. The molecule has 2 saturated heterocycles. The molecule has 2 amide bonds. The summed E-state index contributed by atoms with van der Waals surface area (Å²) in [5.41, 5.74) is 12.1. The number of aromatic nitrogens is 4. The lowest BCUT2D eigenvalue weighted by atomic mass is 9.95. The maximum Gasteiger partial charge on any atom is 0.225 e. The van der Waals surface area contributed by atoms with Crippen LogP contribution in [-0.4, -0.2) is 85.1 Å². The molecule has 11 nitrogen and oxygen atoms in total. The molecular formula is C18H26N8O3. The lowest BCUT2D eigenvalue weighted by molar-refractivity contribution is -0.136. The van der Waals surface area contributed by atoms with Gasteiger partial charge in [0, 0.05) is 32.0 Å². The van der Waals surface area contributed by atoms with Crippen LogP contribution in [0.3, 0.4) is 0 Å². The molecule has 0 spiro atoms. The summed E-state index contributed by atoms with van der Waals surface area (Å²) in [5.74, 6) is -0.0143. The van der Waals surface area contributed by atoms with Gasteiger partial charge in [0.25, 0.3) is 0 Å². The molecule has 0 saturated carbocycles. The summed E-state index contributed by atoms with van der Waals surface area (Å²) in [6, 6.07) is -0.325. The Bertz CT molecular complexity index is 908. The molecule has 2 aromatic heterocycles. The van der Waals surface area contributed by atoms with Crippen LogP contribution in [0.25, 0.3) is 11.2 Å². The van der Waals surface area contributed by atoms with Crippen molar-refractivity contribution in [3.8, 4) is 0 Å². The van der Waals surface area contributed by atoms with Crippen LogP contribution in [0, 0.1) is 5.92 Å². The number of aliphatic hydroxyl groups is 1. The van der Waals surface area contributed by atoms with Crippen LogP contribution in [0.4, 0.5) is 5.82 Å². The van der Waals surface area contributed by atoms with E-state index in [-0.39, 0.29) is 36.1 Å². The summed E-state index contributed by atoms with van der Waals surface area (Å²) in [6.45, 7) is 2.86. The number of β-amino-alcohol motifs (C(OH)–C–C–N with tert-alkyl or cyclic N) is 1. The second kappa shape index (κ2) is 7.91. The third-order valence-corrected chi connectivity index (χ3v) is 5.93. The minimum atomic E-state index is -0.705. The molecule has 0 aromatic carbocycles. The van der Waals surface area contributed by atoms with Gasteiger partial charge in [-0.2, -0.15) is 0 Å². The number of anilines is 1. The van der Waals surface area contributed by atoms with Gasteiger partial charge in [0.05, 0.1) is 18.5 Å². The van der Waals surface area contributed by atoms with Gasteiger partial charge in [-0.15, -0.1) is 0 Å². The van der Waals surface area contributed by atoms with Gasteiger partial charge in [0.15, 0.2) is 11.5 Å². The van der Waals surface area contributed by atoms with E-state index in [9.17, 15) is 14.7 Å². The first-order chi connectivity index (χ1) is 13.9. The van der Waals surface area contributed by atoms with E-state index < -0.39 is 6.10 Å². The smallest absolute Gasteiger partial charge is 0.225 e. The summed E-state index contributed by atoms with van der Waals surface area (Å²) in [4.78, 5) is 40.3. The number of carbonyl (C=O) groups excluding carboxylic acids is 2. The molecule has 5 N–H and O–H groups in total. The zero-order valence-corrected chi connectivity index (χ0v) is 16.1. The van der Waals surface area contributed by atoms with E-state index in [1.54, 1.807) is 15.8 Å². The Morgan fingerprint density at radius 3 is 2.66 bits per heavy atom. The molecule has 2 aliphatic rings. The highest BCUT2D eigenvalue weighted by molar-refractivity contribution is 5.82. The predicted octanol–water partition coefficient (Wildman–Crippen LogP) is -1.26. The van der Waals surface area contributed by atoms with Crippen molar-refractivity contribution in [3.63, 3.8) is 0 Å². The number of hydrogen-bond donors (Lipinski definition) is 3. The van der Waals surface area contributed by atoms with Crippen molar-refractivity contribution in [2.24, 2.45) is 11.7 Å². The monoisotopic (exact) mass is 402 g/mol. The van der Waals surface area contributed by atoms with Crippen molar-refractivity contribution >= 4 is 28.8 Å². The molecule has 29 heavy (non-hydrogen) atoms. The summed E-state index contributed by atoms with van der Waals surface area (Å²) in [7, 11) is 0. The first kappa shape index (κ1) is 19.5. The predicted molar refractivity (Wildman–Crippen MR) is 104 cm³/mol. The average molecular weight is 402 g/mol. The largest absolute Gasteiger partial charge is 0.389 e. The highest BCUT2D eigenvalue weighted by atomic mass is 16.3. The van der Waals surface area contributed by atoms with Crippen LogP contribution in [0.1, 0.15) is 25.3 Å². The Kier molecular flexibility index (Phi) is 5.33. The maximum atomic E-state index is 13.0. The van der Waals surface area contributed by atoms with Crippen molar-refractivity contribution in [1.29, 1.82) is 0 Å². The number of nitrogens with zero attached hydrogens (tertiary/aromatic N) is 6. The fraction of sp³-hybridized carbons (Fsp3) is 0.611. The van der Waals surface area contributed by atoms with E-state index in [4.69, 9.17) is 11.5 Å². The van der Waals surface area contributed by atoms with Crippen molar-refractivity contribution in [1.82, 2.24) is 29.3 Å². The lowest BCUT2D eigenvalue weighted by Gasteiger charge is -2.32. The number of nitrogens with two attached hydrogens (primary N) is 2. The highest BCUT2D eigenvalue weighted by Crippen LogP contribution is 2.29. The molecule has 156 valence electrons. The molecule has 4 rings (SSSR count). The number of piperidine rings is 1. The molecule has 0 radical (unpaired) electrons. The van der Waals surface area contributed by atoms with Crippen molar-refractivity contribution in [3.05, 3.63) is 12.7 Å². The summed E-state index contributed by atoms with van der Waals surface area (Å²) < 4.78 is 1.78. The van der Waals surface area contributed by atoms with Crippen LogP contribution in [0.5, 0.6) is 0 Å². The van der Waals surface area contributed by atoms with E-state index in [0.29, 0.717) is 30.7 Å². The van der Waals surface area contributed by atoms with Gasteiger partial charge in [0.1, 0.15) is 11.8 Å². The fourth-order valence-electron chi connectivity index (χ4n) is 4.27. The normalized spacial score (nSPS) is 23.7. The molecular weight excluding hydrogens is 376 g/mol. The van der Waals surface area contributed by atoms with Crippen LogP contribution in [0.15, 0.2) is 12.7 Å². The number of aliphatic hydroxyl groups excluding tert-OH is 1. The average Bonchev–Trinajstić information content (AvgIpc) is 3.30. The van der Waals surface area contributed by atoms with Crippen molar-refractivity contribution in [2.45, 2.75) is 31.4 Å². The molecule has 2 aromatic rings. The Labute approximate surface area is 167 Å². The molecule has 2 atom stereocenters. The number of likely N-dealkylation sites (tertiary alicyclic amines) is 2. The van der Waals surface area contributed by atoms with Gasteiger partial charge < -0.3 is 30.9 Å².